The van der Waals surface area contributed by atoms with Crippen molar-refractivity contribution < 1.29 is 32.6 Å². The number of amides is 2. The predicted octanol–water partition coefficient (Wildman–Crippen LogP) is 4.82. The van der Waals surface area contributed by atoms with Gasteiger partial charge >= 0.3 is 12.3 Å². The van der Waals surface area contributed by atoms with Crippen LogP contribution in [-0.2, 0) is 17.5 Å². The monoisotopic (exact) mass is 510 g/mol. The van der Waals surface area contributed by atoms with Gasteiger partial charge < -0.3 is 20.9 Å². The topological polar surface area (TPSA) is 119 Å². The van der Waals surface area contributed by atoms with E-state index >= 15 is 0 Å². The van der Waals surface area contributed by atoms with E-state index in [0.717, 1.165) is 4.68 Å². The average Bonchev–Trinajstić information content (AvgIpc) is 3.35. The number of halogens is 3. The molecule has 2 amide bonds. The second-order valence-corrected chi connectivity index (χ2v) is 7.99. The summed E-state index contributed by atoms with van der Waals surface area (Å²) in [5.74, 6) is -0.854. The van der Waals surface area contributed by atoms with Crippen LogP contribution in [-0.4, -0.2) is 26.9 Å². The van der Waals surface area contributed by atoms with Crippen molar-refractivity contribution in [2.75, 3.05) is 5.32 Å². The zero-order valence-electron chi connectivity index (χ0n) is 19.1. The van der Waals surface area contributed by atoms with E-state index in [2.05, 4.69) is 10.4 Å². The molecule has 0 bridgehead atoms. The van der Waals surface area contributed by atoms with Gasteiger partial charge in [-0.05, 0) is 41.0 Å². The molecule has 0 aliphatic heterocycles. The van der Waals surface area contributed by atoms with Crippen molar-refractivity contribution in [2.45, 2.75) is 18.9 Å². The summed E-state index contributed by atoms with van der Waals surface area (Å²) in [6.45, 7) is -0.214. The number of anilines is 1. The molecule has 11 heteroatoms. The van der Waals surface area contributed by atoms with Crippen molar-refractivity contribution in [1.82, 2.24) is 9.78 Å². The molecule has 1 unspecified atom stereocenters. The quantitative estimate of drug-likeness (QED) is 0.329. The molecule has 0 saturated carbocycles. The predicted molar refractivity (Wildman–Crippen MR) is 128 cm³/mol. The molecule has 0 aliphatic rings. The molecule has 1 aromatic heterocycles. The van der Waals surface area contributed by atoms with E-state index in [1.165, 1.54) is 24.3 Å². The van der Waals surface area contributed by atoms with Crippen molar-refractivity contribution in [3.63, 3.8) is 0 Å². The minimum absolute atomic E-state index is 0.138. The number of aliphatic hydroxyl groups excluding tert-OH is 1. The van der Waals surface area contributed by atoms with Crippen LogP contribution in [0, 0.1) is 0 Å². The van der Waals surface area contributed by atoms with Crippen molar-refractivity contribution in [3.05, 3.63) is 113 Å². The molecule has 4 N–H and O–H groups in total. The number of hydrogen-bond donors (Lipinski definition) is 3. The third-order valence-electron chi connectivity index (χ3n) is 5.34. The van der Waals surface area contributed by atoms with Crippen LogP contribution in [0.25, 0.3) is 5.69 Å². The minimum atomic E-state index is -4.80. The van der Waals surface area contributed by atoms with Gasteiger partial charge in [0.15, 0.2) is 5.69 Å². The van der Waals surface area contributed by atoms with E-state index in [0.29, 0.717) is 22.8 Å². The zero-order valence-corrected chi connectivity index (χ0v) is 19.1. The third kappa shape index (κ3) is 6.14. The fourth-order valence-corrected chi connectivity index (χ4v) is 3.62. The lowest BCUT2D eigenvalue weighted by molar-refractivity contribution is -0.141. The fourth-order valence-electron chi connectivity index (χ4n) is 3.62. The Morgan fingerprint density at radius 1 is 0.973 bits per heavy atom. The van der Waals surface area contributed by atoms with Crippen LogP contribution in [0.1, 0.15) is 39.0 Å². The molecule has 37 heavy (non-hydrogen) atoms. The number of alkyl halides is 3. The molecule has 0 spiro atoms. The SMILES string of the molecule is NC(=O)OCc1cccc(-n2nc(C(F)(F)F)cc2C(=O)Nc2cccc(C(O)c3ccccc3)c2)c1. The highest BCUT2D eigenvalue weighted by Crippen LogP contribution is 2.30. The van der Waals surface area contributed by atoms with Gasteiger partial charge in [-0.1, -0.05) is 54.6 Å². The summed E-state index contributed by atoms with van der Waals surface area (Å²) in [4.78, 5) is 24.0. The first-order valence-corrected chi connectivity index (χ1v) is 10.9. The van der Waals surface area contributed by atoms with E-state index < -0.39 is 30.0 Å². The van der Waals surface area contributed by atoms with E-state index in [9.17, 15) is 27.9 Å². The van der Waals surface area contributed by atoms with Crippen LogP contribution in [0.2, 0.25) is 0 Å². The Morgan fingerprint density at radius 3 is 2.38 bits per heavy atom. The Balaban J connectivity index is 1.64. The number of rotatable bonds is 7. The standard InChI is InChI=1S/C26H21F3N4O4/c27-26(28,29)22-14-21(33(32-22)20-11-4-6-16(12-20)15-37-25(30)36)24(35)31-19-10-5-9-18(13-19)23(34)17-7-2-1-3-8-17/h1-14,23,34H,15H2,(H2,30,36)(H,31,35). The Labute approximate surface area is 209 Å². The summed E-state index contributed by atoms with van der Waals surface area (Å²) >= 11 is 0. The number of nitrogens with two attached hydrogens (primary N) is 1. The molecule has 4 rings (SSSR count). The fraction of sp³-hybridized carbons (Fsp3) is 0.115. The van der Waals surface area contributed by atoms with E-state index in [-0.39, 0.29) is 23.7 Å². The molecule has 1 heterocycles. The number of ether oxygens (including phenoxy) is 1. The van der Waals surface area contributed by atoms with Gasteiger partial charge in [0.05, 0.1) is 5.69 Å². The lowest BCUT2D eigenvalue weighted by atomic mass is 10.0. The first kappa shape index (κ1) is 25.5. The van der Waals surface area contributed by atoms with Crippen LogP contribution >= 0.6 is 0 Å². The highest BCUT2D eigenvalue weighted by atomic mass is 19.4. The highest BCUT2D eigenvalue weighted by molar-refractivity contribution is 6.03. The molecule has 0 saturated heterocycles. The van der Waals surface area contributed by atoms with Crippen molar-refractivity contribution in [3.8, 4) is 5.69 Å². The highest BCUT2D eigenvalue weighted by Gasteiger charge is 2.36. The number of hydrogen-bond acceptors (Lipinski definition) is 5. The molecular formula is C26H21F3N4O4. The van der Waals surface area contributed by atoms with Crippen LogP contribution in [0.4, 0.5) is 23.7 Å². The maximum absolute atomic E-state index is 13.5. The smallest absolute Gasteiger partial charge is 0.435 e. The van der Waals surface area contributed by atoms with Crippen LogP contribution in [0.15, 0.2) is 84.9 Å². The van der Waals surface area contributed by atoms with Gasteiger partial charge in [0.25, 0.3) is 5.91 Å². The van der Waals surface area contributed by atoms with E-state index in [1.807, 2.05) is 6.07 Å². The van der Waals surface area contributed by atoms with E-state index in [1.54, 1.807) is 48.5 Å². The summed E-state index contributed by atoms with van der Waals surface area (Å²) in [5, 5.41) is 16.8. The van der Waals surface area contributed by atoms with Gasteiger partial charge in [-0.25, -0.2) is 9.48 Å². The van der Waals surface area contributed by atoms with Gasteiger partial charge in [0, 0.05) is 11.8 Å². The van der Waals surface area contributed by atoms with Crippen molar-refractivity contribution in [2.24, 2.45) is 5.73 Å². The number of carbonyl (C=O) groups excluding carboxylic acids is 2. The second kappa shape index (κ2) is 10.5. The van der Waals surface area contributed by atoms with Gasteiger partial charge in [-0.15, -0.1) is 0 Å². The van der Waals surface area contributed by atoms with Gasteiger partial charge in [0.2, 0.25) is 0 Å². The van der Waals surface area contributed by atoms with Crippen molar-refractivity contribution in [1.29, 1.82) is 0 Å². The first-order chi connectivity index (χ1) is 17.6. The maximum atomic E-state index is 13.5. The Bertz CT molecular complexity index is 1420. The molecule has 0 aliphatic carbocycles. The lowest BCUT2D eigenvalue weighted by Crippen LogP contribution is -2.17. The molecular weight excluding hydrogens is 489 g/mol. The van der Waals surface area contributed by atoms with Crippen LogP contribution in [0.3, 0.4) is 0 Å². The molecule has 190 valence electrons. The number of primary amides is 1. The summed E-state index contributed by atoms with van der Waals surface area (Å²) < 4.78 is 46.0. The summed E-state index contributed by atoms with van der Waals surface area (Å²) in [6, 6.07) is 21.8. The largest absolute Gasteiger partial charge is 0.445 e. The molecule has 0 radical (unpaired) electrons. The number of aliphatic hydroxyl groups is 1. The van der Waals surface area contributed by atoms with Gasteiger partial charge in [0.1, 0.15) is 18.4 Å². The Kier molecular flexibility index (Phi) is 7.25. The lowest BCUT2D eigenvalue weighted by Gasteiger charge is -2.14. The molecule has 1 atom stereocenters. The number of nitrogens with one attached hydrogen (secondary N) is 1. The molecule has 3 aromatic carbocycles. The molecule has 8 nitrogen and oxygen atoms in total. The molecule has 4 aromatic rings. The minimum Gasteiger partial charge on any atom is -0.445 e. The molecule has 0 fully saturated rings. The average molecular weight is 510 g/mol. The number of aromatic nitrogens is 2. The maximum Gasteiger partial charge on any atom is 0.435 e. The Hall–Kier alpha value is -4.64. The van der Waals surface area contributed by atoms with E-state index in [4.69, 9.17) is 10.5 Å². The number of nitrogens with zero attached hydrogens (tertiary/aromatic N) is 2. The number of carbonyl (C=O) groups is 2. The van der Waals surface area contributed by atoms with Crippen LogP contribution in [0.5, 0.6) is 0 Å². The van der Waals surface area contributed by atoms with Gasteiger partial charge in [-0.3, -0.25) is 4.79 Å². The Morgan fingerprint density at radius 2 is 1.68 bits per heavy atom. The first-order valence-electron chi connectivity index (χ1n) is 10.9. The normalized spacial score (nSPS) is 12.1. The van der Waals surface area contributed by atoms with Crippen molar-refractivity contribution >= 4 is 17.7 Å². The number of benzene rings is 3. The van der Waals surface area contributed by atoms with Crippen LogP contribution < -0.4 is 11.1 Å². The third-order valence-corrected chi connectivity index (χ3v) is 5.34. The summed E-state index contributed by atoms with van der Waals surface area (Å²) in [7, 11) is 0. The summed E-state index contributed by atoms with van der Waals surface area (Å²) in [6.07, 6.45) is -6.78. The zero-order chi connectivity index (χ0) is 26.6. The second-order valence-electron chi connectivity index (χ2n) is 7.99. The van der Waals surface area contributed by atoms with Gasteiger partial charge in [-0.2, -0.15) is 18.3 Å². The summed E-state index contributed by atoms with van der Waals surface area (Å²) in [5.41, 5.74) is 5.28.